The van der Waals surface area contributed by atoms with E-state index in [1.165, 1.54) is 17.3 Å². The Morgan fingerprint density at radius 2 is 1.64 bits per heavy atom. The van der Waals surface area contributed by atoms with Gasteiger partial charge in [-0.3, -0.25) is 9.59 Å². The summed E-state index contributed by atoms with van der Waals surface area (Å²) in [4.78, 5) is 26.5. The molecule has 0 saturated heterocycles. The molecule has 0 spiro atoms. The maximum atomic E-state index is 13.2. The number of carbonyl (C=O) groups excluding carboxylic acids is 2. The average Bonchev–Trinajstić information content (AvgIpc) is 3.23. The number of carbonyl (C=O) groups is 2. The molecule has 6 nitrogen and oxygen atoms in total. The number of hydrogen-bond acceptors (Lipinski definition) is 5. The zero-order valence-corrected chi connectivity index (χ0v) is 20.6. The molecule has 5 rings (SSSR count). The number of halogens is 1. The van der Waals surface area contributed by atoms with Crippen molar-refractivity contribution in [2.75, 3.05) is 13.2 Å². The highest BCUT2D eigenvalue weighted by Gasteiger charge is 2.35. The molecule has 0 aromatic heterocycles. The highest BCUT2D eigenvalue weighted by atomic mass is 127. The molecule has 33 heavy (non-hydrogen) atoms. The van der Waals surface area contributed by atoms with E-state index in [1.807, 2.05) is 50.2 Å². The number of ether oxygens (including phenoxy) is 2. The Morgan fingerprint density at radius 3 is 2.24 bits per heavy atom. The predicted molar refractivity (Wildman–Crippen MR) is 136 cm³/mol. The van der Waals surface area contributed by atoms with Crippen LogP contribution in [0.4, 0.5) is 0 Å². The molecule has 0 bridgehead atoms. The van der Waals surface area contributed by atoms with E-state index in [0.717, 1.165) is 38.6 Å². The van der Waals surface area contributed by atoms with Crippen molar-refractivity contribution in [1.82, 2.24) is 5.01 Å². The Kier molecular flexibility index (Phi) is 5.82. The molecule has 1 aliphatic heterocycles. The third-order valence-electron chi connectivity index (χ3n) is 5.95. The first kappa shape index (κ1) is 21.9. The monoisotopic (exact) mass is 554 g/mol. The minimum atomic E-state index is -0.401. The van der Waals surface area contributed by atoms with E-state index in [-0.39, 0.29) is 0 Å². The van der Waals surface area contributed by atoms with Crippen molar-refractivity contribution in [2.24, 2.45) is 5.10 Å². The first-order valence-electron chi connectivity index (χ1n) is 11.1. The van der Waals surface area contributed by atoms with Gasteiger partial charge in [0.2, 0.25) is 0 Å². The van der Waals surface area contributed by atoms with Crippen LogP contribution < -0.4 is 9.47 Å². The molecule has 3 aromatic rings. The van der Waals surface area contributed by atoms with Crippen molar-refractivity contribution in [3.63, 3.8) is 0 Å². The number of benzene rings is 3. The molecule has 0 N–H and O–H groups in total. The molecule has 2 aliphatic rings. The highest BCUT2D eigenvalue weighted by Crippen LogP contribution is 2.38. The number of amides is 2. The zero-order chi connectivity index (χ0) is 23.1. The van der Waals surface area contributed by atoms with Gasteiger partial charge in [-0.2, -0.15) is 10.1 Å². The van der Waals surface area contributed by atoms with E-state index in [1.54, 1.807) is 0 Å². The van der Waals surface area contributed by atoms with Crippen molar-refractivity contribution in [2.45, 2.75) is 33.1 Å². The Balaban J connectivity index is 1.51. The lowest BCUT2D eigenvalue weighted by atomic mass is 9.92. The molecule has 0 fully saturated rings. The second-order valence-electron chi connectivity index (χ2n) is 8.07. The Labute approximate surface area is 205 Å². The van der Waals surface area contributed by atoms with E-state index >= 15 is 0 Å². The van der Waals surface area contributed by atoms with Crippen LogP contribution in [0.15, 0.2) is 41.5 Å². The van der Waals surface area contributed by atoms with Crippen LogP contribution in [-0.2, 0) is 12.8 Å². The van der Waals surface area contributed by atoms with Gasteiger partial charge in [0.05, 0.1) is 34.1 Å². The minimum absolute atomic E-state index is 0.401. The van der Waals surface area contributed by atoms with Crippen LogP contribution in [0.3, 0.4) is 0 Å². The van der Waals surface area contributed by atoms with E-state index in [9.17, 15) is 9.59 Å². The standard InChI is InChI=1S/C26H23IN2O4/c1-3-11-33-24-20(27)12-15(13-21(24)32-4-2)14-28-29-25(30)18-9-7-16-5-6-17-8-10-19(26(29)31)23(18)22(16)17/h7-10,12-14H,3-6,11H2,1-2H3/b28-14-. The minimum Gasteiger partial charge on any atom is -0.490 e. The molecular weight excluding hydrogens is 531 g/mol. The molecule has 0 saturated carbocycles. The fourth-order valence-electron chi connectivity index (χ4n) is 4.50. The van der Waals surface area contributed by atoms with Gasteiger partial charge in [0.15, 0.2) is 11.5 Å². The number of nitrogens with zero attached hydrogens (tertiary/aromatic N) is 2. The van der Waals surface area contributed by atoms with E-state index in [4.69, 9.17) is 9.47 Å². The van der Waals surface area contributed by atoms with Crippen LogP contribution in [0.25, 0.3) is 10.8 Å². The maximum Gasteiger partial charge on any atom is 0.282 e. The molecule has 1 aliphatic carbocycles. The number of aryl methyl sites for hydroxylation is 2. The molecule has 3 aromatic carbocycles. The van der Waals surface area contributed by atoms with Crippen molar-refractivity contribution in [1.29, 1.82) is 0 Å². The van der Waals surface area contributed by atoms with E-state index in [2.05, 4.69) is 27.7 Å². The quantitative estimate of drug-likeness (QED) is 0.224. The SMILES string of the molecule is CCCOc1c(I)cc(/C=N\N2C(=O)c3ccc4c5c(ccc(c35)C2=O)CC4)cc1OCC. The number of hydrazone groups is 1. The van der Waals surface area contributed by atoms with Crippen LogP contribution in [0.1, 0.15) is 57.7 Å². The highest BCUT2D eigenvalue weighted by molar-refractivity contribution is 14.1. The fraction of sp³-hybridized carbons (Fsp3) is 0.269. The molecule has 7 heteroatoms. The first-order valence-corrected chi connectivity index (χ1v) is 12.2. The number of rotatable bonds is 7. The topological polar surface area (TPSA) is 68.2 Å². The van der Waals surface area contributed by atoms with Crippen LogP contribution in [0.5, 0.6) is 11.5 Å². The third kappa shape index (κ3) is 3.68. The van der Waals surface area contributed by atoms with Gasteiger partial charge in [-0.1, -0.05) is 19.1 Å². The van der Waals surface area contributed by atoms with E-state index < -0.39 is 11.8 Å². The summed E-state index contributed by atoms with van der Waals surface area (Å²) in [6.45, 7) is 5.04. The molecule has 2 amide bonds. The average molecular weight is 554 g/mol. The van der Waals surface area contributed by atoms with Gasteiger partial charge >= 0.3 is 0 Å². The second-order valence-corrected chi connectivity index (χ2v) is 9.23. The van der Waals surface area contributed by atoms with Crippen LogP contribution in [-0.4, -0.2) is 36.3 Å². The summed E-state index contributed by atoms with van der Waals surface area (Å²) >= 11 is 2.20. The summed E-state index contributed by atoms with van der Waals surface area (Å²) in [7, 11) is 0. The van der Waals surface area contributed by atoms with Gasteiger partial charge in [-0.25, -0.2) is 0 Å². The molecule has 1 heterocycles. The lowest BCUT2D eigenvalue weighted by molar-refractivity contribution is 0.0616. The largest absolute Gasteiger partial charge is 0.490 e. The summed E-state index contributed by atoms with van der Waals surface area (Å²) in [5.74, 6) is 0.507. The number of imide groups is 1. The van der Waals surface area contributed by atoms with Gasteiger partial charge in [-0.15, -0.1) is 0 Å². The summed E-state index contributed by atoms with van der Waals surface area (Å²) in [6, 6.07) is 11.4. The van der Waals surface area contributed by atoms with Crippen molar-refractivity contribution >= 4 is 51.4 Å². The molecule has 0 atom stereocenters. The summed E-state index contributed by atoms with van der Waals surface area (Å²) in [5, 5.41) is 7.10. The predicted octanol–water partition coefficient (Wildman–Crippen LogP) is 5.36. The second kappa shape index (κ2) is 8.78. The van der Waals surface area contributed by atoms with Gasteiger partial charge in [0, 0.05) is 5.39 Å². The van der Waals surface area contributed by atoms with Gasteiger partial charge < -0.3 is 9.47 Å². The van der Waals surface area contributed by atoms with Gasteiger partial charge in [0.1, 0.15) is 0 Å². The summed E-state index contributed by atoms with van der Waals surface area (Å²) in [6.07, 6.45) is 4.30. The van der Waals surface area contributed by atoms with Crippen molar-refractivity contribution in [3.05, 3.63) is 67.8 Å². The maximum absolute atomic E-state index is 13.2. The van der Waals surface area contributed by atoms with Gasteiger partial charge in [0.25, 0.3) is 11.8 Å². The van der Waals surface area contributed by atoms with Crippen LogP contribution in [0.2, 0.25) is 0 Å². The third-order valence-corrected chi connectivity index (χ3v) is 6.75. The van der Waals surface area contributed by atoms with Crippen LogP contribution >= 0.6 is 22.6 Å². The normalized spacial score (nSPS) is 14.6. The van der Waals surface area contributed by atoms with Crippen molar-refractivity contribution < 1.29 is 19.1 Å². The number of hydrogen-bond donors (Lipinski definition) is 0. The lowest BCUT2D eigenvalue weighted by Crippen LogP contribution is -2.36. The molecule has 168 valence electrons. The zero-order valence-electron chi connectivity index (χ0n) is 18.5. The Hall–Kier alpha value is -2.94. The molecule has 0 unspecified atom stereocenters. The Bertz CT molecular complexity index is 1270. The lowest BCUT2D eigenvalue weighted by Gasteiger charge is -2.23. The molecular formula is C26H23IN2O4. The Morgan fingerprint density at radius 1 is 0.970 bits per heavy atom. The van der Waals surface area contributed by atoms with E-state index in [0.29, 0.717) is 41.4 Å². The summed E-state index contributed by atoms with van der Waals surface area (Å²) < 4.78 is 12.5. The first-order chi connectivity index (χ1) is 16.0. The summed E-state index contributed by atoms with van der Waals surface area (Å²) in [5.41, 5.74) is 4.17. The molecule has 0 radical (unpaired) electrons. The van der Waals surface area contributed by atoms with Crippen molar-refractivity contribution in [3.8, 4) is 11.5 Å². The fourth-order valence-corrected chi connectivity index (χ4v) is 5.29. The van der Waals surface area contributed by atoms with Gasteiger partial charge in [-0.05, 0) is 95.1 Å². The smallest absolute Gasteiger partial charge is 0.282 e. The van der Waals surface area contributed by atoms with Crippen LogP contribution in [0, 0.1) is 3.57 Å².